The number of nitrogens with one attached hydrogen (secondary N) is 1. The number of hydrogen-bond acceptors (Lipinski definition) is 5. The van der Waals surface area contributed by atoms with E-state index in [1.54, 1.807) is 23.5 Å². The van der Waals surface area contributed by atoms with Crippen LogP contribution in [0.3, 0.4) is 0 Å². The summed E-state index contributed by atoms with van der Waals surface area (Å²) in [6.07, 6.45) is 0. The molecule has 1 aromatic carbocycles. The van der Waals surface area contributed by atoms with Gasteiger partial charge in [0.2, 0.25) is 0 Å². The second-order valence-electron chi connectivity index (χ2n) is 4.82. The van der Waals surface area contributed by atoms with Crippen molar-refractivity contribution in [2.75, 3.05) is 6.54 Å². The number of hydrogen-bond donors (Lipinski definition) is 1. The smallest absolute Gasteiger partial charge is 0.277 e. The van der Waals surface area contributed by atoms with Crippen LogP contribution in [-0.4, -0.2) is 21.5 Å². The molecule has 1 N–H and O–H groups in total. The van der Waals surface area contributed by atoms with Gasteiger partial charge < -0.3 is 5.32 Å². The van der Waals surface area contributed by atoms with Crippen molar-refractivity contribution in [3.05, 3.63) is 56.5 Å². The first kappa shape index (κ1) is 13.9. The molecule has 21 heavy (non-hydrogen) atoms. The zero-order valence-electron chi connectivity index (χ0n) is 11.7. The highest BCUT2D eigenvalue weighted by atomic mass is 32.1. The molecule has 0 radical (unpaired) electrons. The molecule has 0 aliphatic rings. The topological polar surface area (TPSA) is 59.8 Å². The fourth-order valence-corrected chi connectivity index (χ4v) is 3.01. The first-order chi connectivity index (χ1) is 10.2. The molecule has 0 aliphatic heterocycles. The van der Waals surface area contributed by atoms with E-state index >= 15 is 0 Å². The largest absolute Gasteiger partial charge is 0.310 e. The van der Waals surface area contributed by atoms with Gasteiger partial charge in [0.25, 0.3) is 5.56 Å². The Hall–Kier alpha value is -2.05. The Morgan fingerprint density at radius 3 is 2.90 bits per heavy atom. The fourth-order valence-electron chi connectivity index (χ4n) is 2.15. The molecular formula is C15H16N4OS. The van der Waals surface area contributed by atoms with Crippen LogP contribution in [0.4, 0.5) is 0 Å². The van der Waals surface area contributed by atoms with E-state index in [9.17, 15) is 4.79 Å². The van der Waals surface area contributed by atoms with Crippen molar-refractivity contribution in [2.45, 2.75) is 20.0 Å². The third-order valence-electron chi connectivity index (χ3n) is 3.22. The molecule has 0 aliphatic carbocycles. The Bertz CT molecular complexity index is 809. The maximum absolute atomic E-state index is 12.2. The number of fused-ring (bicyclic) bond motifs is 1. The van der Waals surface area contributed by atoms with Crippen molar-refractivity contribution in [2.24, 2.45) is 0 Å². The van der Waals surface area contributed by atoms with Crippen LogP contribution in [-0.2, 0) is 13.1 Å². The van der Waals surface area contributed by atoms with Crippen LogP contribution < -0.4 is 10.9 Å². The van der Waals surface area contributed by atoms with Crippen LogP contribution in [0.25, 0.3) is 10.9 Å². The predicted molar refractivity (Wildman–Crippen MR) is 84.6 cm³/mol. The molecule has 3 rings (SSSR count). The minimum absolute atomic E-state index is 0.0885. The highest BCUT2D eigenvalue weighted by Gasteiger charge is 2.04. The molecule has 2 heterocycles. The van der Waals surface area contributed by atoms with Crippen LogP contribution >= 0.6 is 11.3 Å². The number of aryl methyl sites for hydroxylation is 1. The van der Waals surface area contributed by atoms with Gasteiger partial charge in [-0.1, -0.05) is 17.3 Å². The van der Waals surface area contributed by atoms with E-state index in [1.165, 1.54) is 14.4 Å². The van der Waals surface area contributed by atoms with E-state index in [2.05, 4.69) is 34.7 Å². The maximum atomic E-state index is 12.2. The van der Waals surface area contributed by atoms with Crippen molar-refractivity contribution >= 4 is 22.2 Å². The zero-order valence-corrected chi connectivity index (χ0v) is 12.6. The van der Waals surface area contributed by atoms with E-state index < -0.39 is 0 Å². The minimum atomic E-state index is -0.0885. The van der Waals surface area contributed by atoms with Crippen molar-refractivity contribution in [1.29, 1.82) is 0 Å². The summed E-state index contributed by atoms with van der Waals surface area (Å²) in [5.74, 6) is 0. The second kappa shape index (κ2) is 6.15. The predicted octanol–water partition coefficient (Wildman–Crippen LogP) is 1.95. The number of thiophene rings is 1. The molecule has 0 amide bonds. The normalized spacial score (nSPS) is 11.1. The van der Waals surface area contributed by atoms with Crippen molar-refractivity contribution < 1.29 is 0 Å². The van der Waals surface area contributed by atoms with Crippen LogP contribution in [0.1, 0.15) is 9.75 Å². The van der Waals surface area contributed by atoms with Crippen LogP contribution in [0.15, 0.2) is 41.2 Å². The second-order valence-corrected chi connectivity index (χ2v) is 6.20. The Morgan fingerprint density at radius 2 is 2.10 bits per heavy atom. The summed E-state index contributed by atoms with van der Waals surface area (Å²) >= 11 is 1.78. The summed E-state index contributed by atoms with van der Waals surface area (Å²) in [5, 5.41) is 12.0. The Morgan fingerprint density at radius 1 is 1.24 bits per heavy atom. The Kier molecular flexibility index (Phi) is 4.08. The van der Waals surface area contributed by atoms with Crippen LogP contribution in [0.2, 0.25) is 0 Å². The quantitative estimate of drug-likeness (QED) is 0.732. The zero-order chi connectivity index (χ0) is 14.7. The van der Waals surface area contributed by atoms with Crippen molar-refractivity contribution in [1.82, 2.24) is 20.3 Å². The molecule has 6 heteroatoms. The molecule has 3 aromatic rings. The average molecular weight is 300 g/mol. The van der Waals surface area contributed by atoms with Gasteiger partial charge in [-0.3, -0.25) is 4.79 Å². The summed E-state index contributed by atoms with van der Waals surface area (Å²) in [6, 6.07) is 11.5. The molecular weight excluding hydrogens is 284 g/mol. The lowest BCUT2D eigenvalue weighted by atomic mass is 10.2. The first-order valence-electron chi connectivity index (χ1n) is 6.82. The third-order valence-corrected chi connectivity index (χ3v) is 4.23. The summed E-state index contributed by atoms with van der Waals surface area (Å²) in [4.78, 5) is 14.8. The molecule has 5 nitrogen and oxygen atoms in total. The monoisotopic (exact) mass is 300 g/mol. The lowest BCUT2D eigenvalue weighted by molar-refractivity contribution is 0.514. The number of nitrogens with zero attached hydrogens (tertiary/aromatic N) is 3. The first-order valence-corrected chi connectivity index (χ1v) is 7.64. The fraction of sp³-hybridized carbons (Fsp3) is 0.267. The van der Waals surface area contributed by atoms with Crippen LogP contribution in [0.5, 0.6) is 0 Å². The van der Waals surface area contributed by atoms with Gasteiger partial charge in [-0.2, -0.15) is 0 Å². The molecule has 0 saturated carbocycles. The lowest BCUT2D eigenvalue weighted by Gasteiger charge is -2.05. The van der Waals surface area contributed by atoms with Crippen LogP contribution in [0, 0.1) is 6.92 Å². The summed E-state index contributed by atoms with van der Waals surface area (Å²) < 4.78 is 1.41. The third kappa shape index (κ3) is 3.17. The molecule has 108 valence electrons. The highest BCUT2D eigenvalue weighted by molar-refractivity contribution is 7.11. The van der Waals surface area contributed by atoms with E-state index in [1.807, 2.05) is 12.1 Å². The number of rotatable bonds is 5. The standard InChI is InChI=1S/C15H16N4OS/c1-11-6-7-12(21-11)10-16-8-9-19-15(20)13-4-2-3-5-14(13)17-18-19/h2-7,16H,8-10H2,1H3. The van der Waals surface area contributed by atoms with Gasteiger partial charge in [-0.15, -0.1) is 16.4 Å². The molecule has 0 atom stereocenters. The SMILES string of the molecule is Cc1ccc(CNCCn2nnc3ccccc3c2=O)s1. The number of aromatic nitrogens is 3. The van der Waals surface area contributed by atoms with Gasteiger partial charge in [0.1, 0.15) is 5.52 Å². The summed E-state index contributed by atoms with van der Waals surface area (Å²) in [7, 11) is 0. The average Bonchev–Trinajstić information content (AvgIpc) is 2.91. The summed E-state index contributed by atoms with van der Waals surface area (Å²) in [6.45, 7) is 4.11. The maximum Gasteiger partial charge on any atom is 0.277 e. The van der Waals surface area contributed by atoms with Gasteiger partial charge in [0.05, 0.1) is 11.9 Å². The van der Waals surface area contributed by atoms with Gasteiger partial charge in [-0.25, -0.2) is 4.68 Å². The molecule has 0 saturated heterocycles. The van der Waals surface area contributed by atoms with Crippen molar-refractivity contribution in [3.63, 3.8) is 0 Å². The molecule has 0 spiro atoms. The lowest BCUT2D eigenvalue weighted by Crippen LogP contribution is -2.29. The minimum Gasteiger partial charge on any atom is -0.310 e. The van der Waals surface area contributed by atoms with Gasteiger partial charge in [-0.05, 0) is 31.2 Å². The molecule has 0 unspecified atom stereocenters. The van der Waals surface area contributed by atoms with E-state index in [0.717, 1.165) is 6.54 Å². The number of benzene rings is 1. The Balaban J connectivity index is 1.63. The molecule has 0 fully saturated rings. The highest BCUT2D eigenvalue weighted by Crippen LogP contribution is 2.14. The van der Waals surface area contributed by atoms with Gasteiger partial charge >= 0.3 is 0 Å². The van der Waals surface area contributed by atoms with Gasteiger partial charge in [0.15, 0.2) is 0 Å². The van der Waals surface area contributed by atoms with E-state index in [4.69, 9.17) is 0 Å². The molecule has 0 bridgehead atoms. The van der Waals surface area contributed by atoms with E-state index in [0.29, 0.717) is 24.0 Å². The Labute approximate surface area is 126 Å². The summed E-state index contributed by atoms with van der Waals surface area (Å²) in [5.41, 5.74) is 0.551. The van der Waals surface area contributed by atoms with Crippen molar-refractivity contribution in [3.8, 4) is 0 Å². The van der Waals surface area contributed by atoms with E-state index in [-0.39, 0.29) is 5.56 Å². The van der Waals surface area contributed by atoms with Gasteiger partial charge in [0, 0.05) is 22.8 Å². The molecule has 2 aromatic heterocycles.